The third kappa shape index (κ3) is 5.41. The van der Waals surface area contributed by atoms with Crippen LogP contribution in [0.15, 0.2) is 83.4 Å². The number of ether oxygens (including phenoxy) is 1. The second kappa shape index (κ2) is 10.5. The summed E-state index contributed by atoms with van der Waals surface area (Å²) in [7, 11) is 1.64. The van der Waals surface area contributed by atoms with Crippen molar-refractivity contribution < 1.29 is 14.1 Å². The molecule has 3 aromatic carbocycles. The number of nitrogens with zero attached hydrogens (tertiary/aromatic N) is 3. The van der Waals surface area contributed by atoms with E-state index in [-0.39, 0.29) is 11.8 Å². The van der Waals surface area contributed by atoms with Gasteiger partial charge in [-0.15, -0.1) is 0 Å². The first-order valence-corrected chi connectivity index (χ1v) is 11.8. The van der Waals surface area contributed by atoms with Crippen LogP contribution in [0.1, 0.15) is 18.7 Å². The van der Waals surface area contributed by atoms with Crippen LogP contribution < -0.4 is 10.1 Å². The number of aromatic nitrogens is 2. The van der Waals surface area contributed by atoms with Gasteiger partial charge in [0.15, 0.2) is 0 Å². The lowest BCUT2D eigenvalue weighted by atomic mass is 9.95. The summed E-state index contributed by atoms with van der Waals surface area (Å²) >= 11 is 0. The molecule has 1 aromatic heterocycles. The van der Waals surface area contributed by atoms with Crippen molar-refractivity contribution in [2.45, 2.75) is 19.4 Å². The van der Waals surface area contributed by atoms with Crippen LogP contribution in [0, 0.1) is 5.92 Å². The minimum Gasteiger partial charge on any atom is -0.497 e. The average molecular weight is 469 g/mol. The van der Waals surface area contributed by atoms with E-state index in [1.807, 2.05) is 66.7 Å². The fourth-order valence-electron chi connectivity index (χ4n) is 4.42. The SMILES string of the molecule is COc1ccc(-c2noc(CN3CCC(C(=O)Nc4ccccc4-c4ccccc4)CC3)n2)cc1. The molecule has 4 aromatic rings. The number of carbonyl (C=O) groups is 1. The molecule has 1 fully saturated rings. The quantitative estimate of drug-likeness (QED) is 0.398. The first-order chi connectivity index (χ1) is 17.2. The Morgan fingerprint density at radius 1 is 0.971 bits per heavy atom. The van der Waals surface area contributed by atoms with E-state index in [9.17, 15) is 4.79 Å². The molecule has 0 radical (unpaired) electrons. The number of hydrogen-bond acceptors (Lipinski definition) is 6. The third-order valence-corrected chi connectivity index (χ3v) is 6.40. The van der Waals surface area contributed by atoms with Crippen molar-refractivity contribution in [3.05, 3.63) is 84.8 Å². The molecule has 35 heavy (non-hydrogen) atoms. The van der Waals surface area contributed by atoms with Crippen LogP contribution in [0.2, 0.25) is 0 Å². The number of likely N-dealkylation sites (tertiary alicyclic amines) is 1. The number of methoxy groups -OCH3 is 1. The monoisotopic (exact) mass is 468 g/mol. The third-order valence-electron chi connectivity index (χ3n) is 6.40. The Morgan fingerprint density at radius 2 is 1.69 bits per heavy atom. The number of amides is 1. The highest BCUT2D eigenvalue weighted by Gasteiger charge is 2.26. The maximum Gasteiger partial charge on any atom is 0.241 e. The molecule has 1 saturated heterocycles. The van der Waals surface area contributed by atoms with Gasteiger partial charge in [-0.3, -0.25) is 9.69 Å². The molecule has 0 bridgehead atoms. The predicted octanol–water partition coefficient (Wildman–Crippen LogP) is 5.26. The van der Waals surface area contributed by atoms with Crippen molar-refractivity contribution in [1.82, 2.24) is 15.0 Å². The maximum absolute atomic E-state index is 13.0. The first-order valence-electron chi connectivity index (χ1n) is 11.8. The molecule has 0 spiro atoms. The van der Waals surface area contributed by atoms with E-state index in [0.717, 1.165) is 54.1 Å². The van der Waals surface area contributed by atoms with Gasteiger partial charge in [0.25, 0.3) is 0 Å². The first kappa shape index (κ1) is 22.8. The summed E-state index contributed by atoms with van der Waals surface area (Å²) < 4.78 is 10.7. The number of nitrogens with one attached hydrogen (secondary N) is 1. The summed E-state index contributed by atoms with van der Waals surface area (Å²) in [6.07, 6.45) is 1.58. The topological polar surface area (TPSA) is 80.5 Å². The number of para-hydroxylation sites is 1. The lowest BCUT2D eigenvalue weighted by molar-refractivity contribution is -0.121. The van der Waals surface area contributed by atoms with Gasteiger partial charge in [-0.1, -0.05) is 53.7 Å². The van der Waals surface area contributed by atoms with Crippen LogP contribution in [0.5, 0.6) is 5.75 Å². The van der Waals surface area contributed by atoms with Gasteiger partial charge in [0, 0.05) is 22.7 Å². The molecule has 1 aliphatic rings. The molecule has 1 N–H and O–H groups in total. The molecule has 0 unspecified atom stereocenters. The molecular formula is C28H28N4O3. The Labute approximate surface area is 204 Å². The van der Waals surface area contributed by atoms with Crippen LogP contribution in [-0.2, 0) is 11.3 Å². The van der Waals surface area contributed by atoms with Gasteiger partial charge in [0.05, 0.1) is 13.7 Å². The summed E-state index contributed by atoms with van der Waals surface area (Å²) in [5.41, 5.74) is 3.85. The van der Waals surface area contributed by atoms with Crippen LogP contribution >= 0.6 is 0 Å². The van der Waals surface area contributed by atoms with E-state index in [1.165, 1.54) is 0 Å². The minimum atomic E-state index is -0.0207. The van der Waals surface area contributed by atoms with Crippen molar-refractivity contribution in [3.8, 4) is 28.3 Å². The van der Waals surface area contributed by atoms with Gasteiger partial charge >= 0.3 is 0 Å². The highest BCUT2D eigenvalue weighted by molar-refractivity contribution is 5.96. The number of piperidine rings is 1. The van der Waals surface area contributed by atoms with Crippen molar-refractivity contribution in [2.75, 3.05) is 25.5 Å². The maximum atomic E-state index is 13.0. The lowest BCUT2D eigenvalue weighted by Crippen LogP contribution is -2.37. The Hall–Kier alpha value is -3.97. The minimum absolute atomic E-state index is 0.0207. The van der Waals surface area contributed by atoms with Crippen molar-refractivity contribution in [2.24, 2.45) is 5.92 Å². The largest absolute Gasteiger partial charge is 0.497 e. The van der Waals surface area contributed by atoms with Gasteiger partial charge in [-0.05, 0) is 61.8 Å². The van der Waals surface area contributed by atoms with Gasteiger partial charge in [0.1, 0.15) is 5.75 Å². The van der Waals surface area contributed by atoms with Gasteiger partial charge in [-0.2, -0.15) is 4.98 Å². The Kier molecular flexibility index (Phi) is 6.86. The van der Waals surface area contributed by atoms with E-state index in [0.29, 0.717) is 18.3 Å². The van der Waals surface area contributed by atoms with Gasteiger partial charge in [-0.25, -0.2) is 0 Å². The summed E-state index contributed by atoms with van der Waals surface area (Å²) in [5.74, 6) is 1.98. The number of carbonyl (C=O) groups excluding carboxylic acids is 1. The fraction of sp³-hybridized carbons (Fsp3) is 0.250. The number of benzene rings is 3. The zero-order valence-electron chi connectivity index (χ0n) is 19.7. The molecular weight excluding hydrogens is 440 g/mol. The summed E-state index contributed by atoms with van der Waals surface area (Å²) in [6, 6.07) is 25.6. The summed E-state index contributed by atoms with van der Waals surface area (Å²) in [5, 5.41) is 7.28. The summed E-state index contributed by atoms with van der Waals surface area (Å²) in [6.45, 7) is 2.19. The Bertz CT molecular complexity index is 1260. The molecule has 5 rings (SSSR count). The van der Waals surface area contributed by atoms with Crippen LogP contribution in [0.3, 0.4) is 0 Å². The van der Waals surface area contributed by atoms with Gasteiger partial charge < -0.3 is 14.6 Å². The highest BCUT2D eigenvalue weighted by Crippen LogP contribution is 2.29. The molecule has 0 aliphatic carbocycles. The standard InChI is InChI=1S/C28H28N4O3/c1-34-23-13-11-21(12-14-23)27-30-26(35-31-27)19-32-17-15-22(16-18-32)28(33)29-25-10-6-5-9-24(25)20-7-3-2-4-8-20/h2-14,22H,15-19H2,1H3,(H,29,33). The molecule has 1 aliphatic heterocycles. The number of rotatable bonds is 7. The molecule has 1 amide bonds. The summed E-state index contributed by atoms with van der Waals surface area (Å²) in [4.78, 5) is 19.8. The second-order valence-corrected chi connectivity index (χ2v) is 8.69. The van der Waals surface area contributed by atoms with Crippen molar-refractivity contribution >= 4 is 11.6 Å². The van der Waals surface area contributed by atoms with E-state index in [2.05, 4.69) is 32.5 Å². The predicted molar refractivity (Wildman–Crippen MR) is 135 cm³/mol. The van der Waals surface area contributed by atoms with Crippen molar-refractivity contribution in [1.29, 1.82) is 0 Å². The highest BCUT2D eigenvalue weighted by atomic mass is 16.5. The zero-order chi connectivity index (χ0) is 24.0. The van der Waals surface area contributed by atoms with Crippen molar-refractivity contribution in [3.63, 3.8) is 0 Å². The number of hydrogen-bond donors (Lipinski definition) is 1. The Morgan fingerprint density at radius 3 is 2.43 bits per heavy atom. The lowest BCUT2D eigenvalue weighted by Gasteiger charge is -2.30. The smallest absolute Gasteiger partial charge is 0.241 e. The van der Waals surface area contributed by atoms with E-state index >= 15 is 0 Å². The van der Waals surface area contributed by atoms with E-state index in [1.54, 1.807) is 7.11 Å². The van der Waals surface area contributed by atoms with Crippen LogP contribution in [0.25, 0.3) is 22.5 Å². The zero-order valence-corrected chi connectivity index (χ0v) is 19.7. The fourth-order valence-corrected chi connectivity index (χ4v) is 4.42. The molecule has 7 nitrogen and oxygen atoms in total. The van der Waals surface area contributed by atoms with Crippen LogP contribution in [0.4, 0.5) is 5.69 Å². The van der Waals surface area contributed by atoms with E-state index in [4.69, 9.17) is 9.26 Å². The van der Waals surface area contributed by atoms with Gasteiger partial charge in [0.2, 0.25) is 17.6 Å². The average Bonchev–Trinajstić information content (AvgIpc) is 3.38. The normalized spacial score (nSPS) is 14.5. The Balaban J connectivity index is 1.16. The molecule has 7 heteroatoms. The van der Waals surface area contributed by atoms with E-state index < -0.39 is 0 Å². The second-order valence-electron chi connectivity index (χ2n) is 8.69. The number of anilines is 1. The molecule has 2 heterocycles. The molecule has 0 atom stereocenters. The molecule has 0 saturated carbocycles. The molecule has 178 valence electrons. The van der Waals surface area contributed by atoms with Crippen LogP contribution in [-0.4, -0.2) is 41.1 Å².